The summed E-state index contributed by atoms with van der Waals surface area (Å²) in [6.45, 7) is 4.61. The van der Waals surface area contributed by atoms with E-state index in [-0.39, 0.29) is 11.9 Å². The monoisotopic (exact) mass is 367 g/mol. The molecule has 0 aliphatic carbocycles. The number of pyridine rings is 1. The first kappa shape index (κ1) is 19.0. The van der Waals surface area contributed by atoms with Gasteiger partial charge in [0, 0.05) is 50.5 Å². The first-order chi connectivity index (χ1) is 13.0. The summed E-state index contributed by atoms with van der Waals surface area (Å²) in [5, 5.41) is 0. The molecule has 2 heterocycles. The van der Waals surface area contributed by atoms with Crippen LogP contribution in [0.25, 0.3) is 11.1 Å². The molecule has 1 aromatic carbocycles. The maximum Gasteiger partial charge on any atom is 0.253 e. The summed E-state index contributed by atoms with van der Waals surface area (Å²) in [7, 11) is 3.46. The van der Waals surface area contributed by atoms with Gasteiger partial charge in [0.25, 0.3) is 5.91 Å². The zero-order valence-corrected chi connectivity index (χ0v) is 16.2. The average molecular weight is 367 g/mol. The van der Waals surface area contributed by atoms with Gasteiger partial charge in [-0.2, -0.15) is 0 Å². The predicted octanol–water partition coefficient (Wildman–Crippen LogP) is 3.42. The van der Waals surface area contributed by atoms with E-state index in [0.29, 0.717) is 36.5 Å². The molecule has 0 aliphatic rings. The van der Waals surface area contributed by atoms with Crippen LogP contribution in [0, 0.1) is 6.92 Å². The Morgan fingerprint density at radius 2 is 2.11 bits per heavy atom. The van der Waals surface area contributed by atoms with Crippen molar-refractivity contribution in [1.82, 2.24) is 14.9 Å². The highest BCUT2D eigenvalue weighted by molar-refractivity contribution is 5.97. The Morgan fingerprint density at radius 1 is 1.30 bits per heavy atom. The molecule has 0 spiro atoms. The molecule has 2 aromatic heterocycles. The largest absolute Gasteiger partial charge is 0.441 e. The molecule has 0 saturated carbocycles. The highest BCUT2D eigenvalue weighted by atomic mass is 16.5. The average Bonchev–Trinajstić information content (AvgIpc) is 3.07. The molecule has 0 unspecified atom stereocenters. The van der Waals surface area contributed by atoms with Gasteiger partial charge in [-0.25, -0.2) is 4.98 Å². The predicted molar refractivity (Wildman–Crippen MR) is 104 cm³/mol. The summed E-state index contributed by atoms with van der Waals surface area (Å²) in [6, 6.07) is 9.42. The van der Waals surface area contributed by atoms with Crippen LogP contribution in [0.4, 0.5) is 0 Å². The van der Waals surface area contributed by atoms with Crippen LogP contribution in [0.1, 0.15) is 34.4 Å². The molecule has 0 N–H and O–H groups in total. The normalized spacial score (nSPS) is 12.3. The van der Waals surface area contributed by atoms with Crippen molar-refractivity contribution >= 4 is 17.0 Å². The van der Waals surface area contributed by atoms with Gasteiger partial charge in [0.2, 0.25) is 0 Å². The van der Waals surface area contributed by atoms with Crippen LogP contribution >= 0.6 is 0 Å². The second kappa shape index (κ2) is 8.31. The molecule has 0 saturated heterocycles. The van der Waals surface area contributed by atoms with Gasteiger partial charge >= 0.3 is 0 Å². The summed E-state index contributed by atoms with van der Waals surface area (Å²) >= 11 is 0. The van der Waals surface area contributed by atoms with Crippen molar-refractivity contribution in [3.8, 4) is 0 Å². The van der Waals surface area contributed by atoms with Crippen LogP contribution in [-0.4, -0.2) is 47.6 Å². The number of amides is 1. The summed E-state index contributed by atoms with van der Waals surface area (Å²) in [5.41, 5.74) is 4.10. The lowest BCUT2D eigenvalue weighted by Gasteiger charge is -2.25. The Bertz CT molecular complexity index is 935. The van der Waals surface area contributed by atoms with E-state index in [0.717, 1.165) is 11.2 Å². The fraction of sp³-hybridized carbons (Fsp3) is 0.381. The van der Waals surface area contributed by atoms with Crippen molar-refractivity contribution in [3.63, 3.8) is 0 Å². The highest BCUT2D eigenvalue weighted by Crippen LogP contribution is 2.19. The van der Waals surface area contributed by atoms with Gasteiger partial charge in [-0.15, -0.1) is 0 Å². The minimum Gasteiger partial charge on any atom is -0.441 e. The van der Waals surface area contributed by atoms with Gasteiger partial charge in [0.1, 0.15) is 5.52 Å². The second-order valence-corrected chi connectivity index (χ2v) is 6.83. The molecule has 0 bridgehead atoms. The van der Waals surface area contributed by atoms with E-state index in [1.807, 2.05) is 33.0 Å². The molecule has 3 rings (SSSR count). The van der Waals surface area contributed by atoms with Gasteiger partial charge in [-0.1, -0.05) is 0 Å². The van der Waals surface area contributed by atoms with E-state index in [2.05, 4.69) is 16.0 Å². The van der Waals surface area contributed by atoms with Gasteiger partial charge in [-0.05, 0) is 49.7 Å². The zero-order valence-electron chi connectivity index (χ0n) is 16.2. The lowest BCUT2D eigenvalue weighted by molar-refractivity contribution is 0.0743. The minimum atomic E-state index is -0.0492. The summed E-state index contributed by atoms with van der Waals surface area (Å²) < 4.78 is 10.8. The Labute approximate surface area is 159 Å². The highest BCUT2D eigenvalue weighted by Gasteiger charge is 2.19. The zero-order chi connectivity index (χ0) is 19.4. The number of ether oxygens (including phenoxy) is 1. The molecular weight excluding hydrogens is 342 g/mol. The Hall–Kier alpha value is -2.73. The van der Waals surface area contributed by atoms with E-state index in [1.165, 1.54) is 5.56 Å². The van der Waals surface area contributed by atoms with Gasteiger partial charge in [0.05, 0.1) is 6.61 Å². The lowest BCUT2D eigenvalue weighted by Crippen LogP contribution is -2.36. The van der Waals surface area contributed by atoms with E-state index < -0.39 is 0 Å². The van der Waals surface area contributed by atoms with Crippen LogP contribution in [-0.2, 0) is 17.6 Å². The van der Waals surface area contributed by atoms with E-state index in [9.17, 15) is 4.79 Å². The van der Waals surface area contributed by atoms with Crippen molar-refractivity contribution in [1.29, 1.82) is 0 Å². The number of likely N-dealkylation sites (N-methyl/N-ethyl adjacent to an activating group) is 1. The minimum absolute atomic E-state index is 0.0227. The van der Waals surface area contributed by atoms with Crippen molar-refractivity contribution < 1.29 is 13.9 Å². The number of aryl methyl sites for hydroxylation is 1. The molecule has 0 aliphatic heterocycles. The van der Waals surface area contributed by atoms with E-state index >= 15 is 0 Å². The summed E-state index contributed by atoms with van der Waals surface area (Å²) in [5.74, 6) is 0.565. The quantitative estimate of drug-likeness (QED) is 0.640. The molecule has 142 valence electrons. The number of hydrogen-bond donors (Lipinski definition) is 0. The van der Waals surface area contributed by atoms with Crippen molar-refractivity contribution in [2.24, 2.45) is 0 Å². The number of nitrogens with zero attached hydrogens (tertiary/aromatic N) is 3. The molecule has 27 heavy (non-hydrogen) atoms. The van der Waals surface area contributed by atoms with Gasteiger partial charge in [-0.3, -0.25) is 9.78 Å². The number of rotatable bonds is 7. The Kier molecular flexibility index (Phi) is 5.86. The molecule has 1 amide bonds. The SMILES string of the molecule is COCCc1nc2ccc(C(=O)N(C)[C@@H](C)Cc3cc(C)ccn3)cc2o1. The molecule has 6 nitrogen and oxygen atoms in total. The fourth-order valence-corrected chi connectivity index (χ4v) is 2.96. The standard InChI is InChI=1S/C21H25N3O3/c1-14-7-9-22-17(11-14)12-15(2)24(3)21(25)16-5-6-18-19(13-16)27-20(23-18)8-10-26-4/h5-7,9,11,13,15H,8,10,12H2,1-4H3/t15-/m0/s1. The number of carbonyl (C=O) groups is 1. The number of benzene rings is 1. The Balaban J connectivity index is 1.73. The molecule has 3 aromatic rings. The molecule has 6 heteroatoms. The molecule has 1 atom stereocenters. The van der Waals surface area contributed by atoms with Gasteiger partial charge in [0.15, 0.2) is 11.5 Å². The second-order valence-electron chi connectivity index (χ2n) is 6.83. The van der Waals surface area contributed by atoms with Crippen LogP contribution in [0.5, 0.6) is 0 Å². The molecule has 0 radical (unpaired) electrons. The third-order valence-electron chi connectivity index (χ3n) is 4.66. The fourth-order valence-electron chi connectivity index (χ4n) is 2.96. The van der Waals surface area contributed by atoms with Gasteiger partial charge < -0.3 is 14.1 Å². The third-order valence-corrected chi connectivity index (χ3v) is 4.66. The maximum absolute atomic E-state index is 12.9. The number of fused-ring (bicyclic) bond motifs is 1. The smallest absolute Gasteiger partial charge is 0.253 e. The number of oxazole rings is 1. The summed E-state index contributed by atoms with van der Waals surface area (Å²) in [4.78, 5) is 23.4. The summed E-state index contributed by atoms with van der Waals surface area (Å²) in [6.07, 6.45) is 3.11. The number of methoxy groups -OCH3 is 1. The van der Waals surface area contributed by atoms with E-state index in [4.69, 9.17) is 9.15 Å². The third kappa shape index (κ3) is 4.52. The number of aromatic nitrogens is 2. The number of hydrogen-bond acceptors (Lipinski definition) is 5. The van der Waals surface area contributed by atoms with E-state index in [1.54, 1.807) is 30.3 Å². The first-order valence-electron chi connectivity index (χ1n) is 9.05. The lowest BCUT2D eigenvalue weighted by atomic mass is 10.1. The number of carbonyl (C=O) groups excluding carboxylic acids is 1. The first-order valence-corrected chi connectivity index (χ1v) is 9.05. The maximum atomic E-state index is 12.9. The Morgan fingerprint density at radius 3 is 2.85 bits per heavy atom. The van der Waals surface area contributed by atoms with Crippen molar-refractivity contribution in [2.75, 3.05) is 20.8 Å². The molecule has 0 fully saturated rings. The van der Waals surface area contributed by atoms with Crippen molar-refractivity contribution in [2.45, 2.75) is 32.7 Å². The van der Waals surface area contributed by atoms with Crippen molar-refractivity contribution in [3.05, 3.63) is 59.2 Å². The molecular formula is C21H25N3O3. The van der Waals surface area contributed by atoms with Crippen LogP contribution in [0.15, 0.2) is 40.9 Å². The van der Waals surface area contributed by atoms with Crippen LogP contribution < -0.4 is 0 Å². The van der Waals surface area contributed by atoms with Crippen LogP contribution in [0.3, 0.4) is 0 Å². The van der Waals surface area contributed by atoms with Crippen LogP contribution in [0.2, 0.25) is 0 Å². The topological polar surface area (TPSA) is 68.5 Å².